The number of urea groups is 1. The Morgan fingerprint density at radius 1 is 1.19 bits per heavy atom. The number of carbonyl (C=O) groups excluding carboxylic acids is 2. The summed E-state index contributed by atoms with van der Waals surface area (Å²) >= 11 is 1.10. The van der Waals surface area contributed by atoms with Crippen molar-refractivity contribution in [2.75, 3.05) is 11.5 Å². The molecule has 3 rings (SSSR count). The summed E-state index contributed by atoms with van der Waals surface area (Å²) in [7, 11) is 0. The van der Waals surface area contributed by atoms with E-state index in [9.17, 15) is 19.5 Å². The van der Waals surface area contributed by atoms with Gasteiger partial charge in [-0.3, -0.25) is 15.0 Å². The molecule has 1 unspecified atom stereocenters. The maximum absolute atomic E-state index is 12.3. The first-order chi connectivity index (χ1) is 14.9. The third-order valence-electron chi connectivity index (χ3n) is 5.09. The molecule has 166 valence electrons. The average Bonchev–Trinajstić information content (AvgIpc) is 3.33. The van der Waals surface area contributed by atoms with Crippen LogP contribution in [-0.4, -0.2) is 40.8 Å². The van der Waals surface area contributed by atoms with E-state index >= 15 is 0 Å². The molecule has 1 aromatic carbocycles. The number of rotatable bonds is 11. The topological polar surface area (TPSA) is 116 Å². The Morgan fingerprint density at radius 2 is 1.94 bits per heavy atom. The van der Waals surface area contributed by atoms with E-state index in [4.69, 9.17) is 9.84 Å². The molecule has 2 atom stereocenters. The van der Waals surface area contributed by atoms with Crippen LogP contribution in [0.5, 0.6) is 0 Å². The minimum absolute atomic E-state index is 0.0285. The summed E-state index contributed by atoms with van der Waals surface area (Å²) in [5.74, 6) is -1.45. The summed E-state index contributed by atoms with van der Waals surface area (Å²) < 4.78 is 5.61. The second-order valence-corrected chi connectivity index (χ2v) is 8.54. The maximum Gasteiger partial charge on any atom is 0.345 e. The van der Waals surface area contributed by atoms with E-state index in [0.29, 0.717) is 12.1 Å². The predicted molar refractivity (Wildman–Crippen MR) is 116 cm³/mol. The van der Waals surface area contributed by atoms with Crippen LogP contribution in [0.1, 0.15) is 58.8 Å². The Hall–Kier alpha value is -2.75. The lowest BCUT2D eigenvalue weighted by molar-refractivity contribution is -0.121. The van der Waals surface area contributed by atoms with E-state index in [2.05, 4.69) is 12.2 Å². The van der Waals surface area contributed by atoms with Crippen molar-refractivity contribution < 1.29 is 29.3 Å². The normalized spacial score (nSPS) is 17.1. The minimum atomic E-state index is -0.998. The van der Waals surface area contributed by atoms with Gasteiger partial charge in [-0.25, -0.2) is 9.59 Å². The third-order valence-corrected chi connectivity index (χ3v) is 6.14. The number of thiophene rings is 1. The number of nitrogens with one attached hydrogen (secondary N) is 1. The molecule has 1 aliphatic rings. The molecule has 9 heteroatoms. The number of nitrogens with zero attached hydrogens (tertiary/aromatic N) is 1. The molecule has 0 saturated carbocycles. The Morgan fingerprint density at radius 3 is 2.58 bits per heavy atom. The summed E-state index contributed by atoms with van der Waals surface area (Å²) in [5, 5.41) is 21.6. The zero-order valence-electron chi connectivity index (χ0n) is 17.2. The SMILES string of the molecule is CCCCCC(O)c1ccc(N2C(=O)NC(=O)[C@@H]2COCc2ccc(C(=O)O)s2)cc1. The Labute approximate surface area is 184 Å². The van der Waals surface area contributed by atoms with Crippen LogP contribution in [0.2, 0.25) is 0 Å². The van der Waals surface area contributed by atoms with Crippen LogP contribution in [0.25, 0.3) is 0 Å². The number of imide groups is 1. The van der Waals surface area contributed by atoms with Gasteiger partial charge in [-0.05, 0) is 36.2 Å². The highest BCUT2D eigenvalue weighted by Crippen LogP contribution is 2.26. The van der Waals surface area contributed by atoms with Crippen molar-refractivity contribution in [3.05, 3.63) is 51.7 Å². The summed E-state index contributed by atoms with van der Waals surface area (Å²) in [6.45, 7) is 2.23. The number of aromatic carboxylic acids is 1. The zero-order valence-corrected chi connectivity index (χ0v) is 18.1. The van der Waals surface area contributed by atoms with Gasteiger partial charge in [0.25, 0.3) is 5.91 Å². The summed E-state index contributed by atoms with van der Waals surface area (Å²) in [4.78, 5) is 37.8. The number of benzene rings is 1. The van der Waals surface area contributed by atoms with Crippen molar-refractivity contribution in [2.45, 2.75) is 51.4 Å². The number of carboxylic acid groups (broad SMARTS) is 1. The highest BCUT2D eigenvalue weighted by molar-refractivity contribution is 7.13. The standard InChI is InChI=1S/C22H26N2O6S/c1-2-3-4-5-18(25)14-6-8-15(9-7-14)24-17(20(26)23-22(24)29)13-30-12-16-10-11-19(31-16)21(27)28/h6-11,17-18,25H,2-5,12-13H2,1H3,(H,27,28)(H,23,26,29)/t17-,18?/m0/s1. The lowest BCUT2D eigenvalue weighted by Gasteiger charge is -2.22. The molecule has 0 spiro atoms. The van der Waals surface area contributed by atoms with Crippen LogP contribution in [0.4, 0.5) is 10.5 Å². The van der Waals surface area contributed by atoms with Crippen molar-refractivity contribution in [3.63, 3.8) is 0 Å². The van der Waals surface area contributed by atoms with Crippen molar-refractivity contribution in [1.29, 1.82) is 0 Å². The van der Waals surface area contributed by atoms with Crippen LogP contribution < -0.4 is 10.2 Å². The highest BCUT2D eigenvalue weighted by Gasteiger charge is 2.39. The molecule has 3 amide bonds. The number of unbranched alkanes of at least 4 members (excludes halogenated alkanes) is 2. The summed E-state index contributed by atoms with van der Waals surface area (Å²) in [6.07, 6.45) is 3.21. The van der Waals surface area contributed by atoms with Gasteiger partial charge in [-0.15, -0.1) is 11.3 Å². The van der Waals surface area contributed by atoms with Gasteiger partial charge in [0.15, 0.2) is 0 Å². The monoisotopic (exact) mass is 446 g/mol. The van der Waals surface area contributed by atoms with E-state index in [1.165, 1.54) is 11.0 Å². The Kier molecular flexibility index (Phi) is 7.78. The van der Waals surface area contributed by atoms with Gasteiger partial charge < -0.3 is 14.9 Å². The summed E-state index contributed by atoms with van der Waals surface area (Å²) in [6, 6.07) is 8.76. The number of hydrogen-bond acceptors (Lipinski definition) is 6. The minimum Gasteiger partial charge on any atom is -0.477 e. The molecule has 3 N–H and O–H groups in total. The lowest BCUT2D eigenvalue weighted by atomic mass is 10.0. The third kappa shape index (κ3) is 5.69. The fraction of sp³-hybridized carbons (Fsp3) is 0.409. The fourth-order valence-corrected chi connectivity index (χ4v) is 4.19. The van der Waals surface area contributed by atoms with Gasteiger partial charge in [0.1, 0.15) is 10.9 Å². The molecule has 1 saturated heterocycles. The lowest BCUT2D eigenvalue weighted by Crippen LogP contribution is -2.38. The van der Waals surface area contributed by atoms with E-state index in [-0.39, 0.29) is 18.1 Å². The van der Waals surface area contributed by atoms with Gasteiger partial charge in [0.05, 0.1) is 19.3 Å². The van der Waals surface area contributed by atoms with Crippen molar-refractivity contribution in [2.24, 2.45) is 0 Å². The van der Waals surface area contributed by atoms with E-state index in [1.54, 1.807) is 30.3 Å². The smallest absolute Gasteiger partial charge is 0.345 e. The average molecular weight is 447 g/mol. The first-order valence-electron chi connectivity index (χ1n) is 10.2. The predicted octanol–water partition coefficient (Wildman–Crippen LogP) is 3.70. The van der Waals surface area contributed by atoms with Gasteiger partial charge in [0, 0.05) is 10.6 Å². The second-order valence-electron chi connectivity index (χ2n) is 7.37. The first kappa shape index (κ1) is 22.9. The molecular weight excluding hydrogens is 420 g/mol. The molecule has 0 bridgehead atoms. The van der Waals surface area contributed by atoms with Crippen molar-refractivity contribution in [1.82, 2.24) is 5.32 Å². The molecule has 0 radical (unpaired) electrons. The second kappa shape index (κ2) is 10.5. The molecule has 1 aromatic heterocycles. The quantitative estimate of drug-likeness (QED) is 0.358. The first-order valence-corrected chi connectivity index (χ1v) is 11.0. The van der Waals surface area contributed by atoms with E-state index in [1.807, 2.05) is 0 Å². The fourth-order valence-electron chi connectivity index (χ4n) is 3.41. The van der Waals surface area contributed by atoms with Gasteiger partial charge in [-0.1, -0.05) is 38.3 Å². The van der Waals surface area contributed by atoms with Crippen LogP contribution in [-0.2, 0) is 16.1 Å². The molecule has 1 fully saturated rings. The van der Waals surface area contributed by atoms with E-state index < -0.39 is 30.1 Å². The number of hydrogen-bond donors (Lipinski definition) is 3. The van der Waals surface area contributed by atoms with Crippen LogP contribution in [0, 0.1) is 0 Å². The number of aliphatic hydroxyl groups is 1. The molecule has 1 aliphatic heterocycles. The molecule has 0 aliphatic carbocycles. The molecule has 31 heavy (non-hydrogen) atoms. The van der Waals surface area contributed by atoms with Crippen LogP contribution >= 0.6 is 11.3 Å². The molecular formula is C22H26N2O6S. The molecule has 2 heterocycles. The van der Waals surface area contributed by atoms with Gasteiger partial charge >= 0.3 is 12.0 Å². The number of carboxylic acids is 1. The summed E-state index contributed by atoms with van der Waals surface area (Å²) in [5.41, 5.74) is 1.30. The number of anilines is 1. The number of carbonyl (C=O) groups is 3. The van der Waals surface area contributed by atoms with Gasteiger partial charge in [-0.2, -0.15) is 0 Å². The molecule has 2 aromatic rings. The maximum atomic E-state index is 12.3. The number of ether oxygens (including phenoxy) is 1. The molecule has 8 nitrogen and oxygen atoms in total. The van der Waals surface area contributed by atoms with Crippen molar-refractivity contribution >= 4 is 34.9 Å². The van der Waals surface area contributed by atoms with Gasteiger partial charge in [0.2, 0.25) is 0 Å². The van der Waals surface area contributed by atoms with E-state index in [0.717, 1.165) is 41.0 Å². The van der Waals surface area contributed by atoms with Crippen molar-refractivity contribution in [3.8, 4) is 0 Å². The largest absolute Gasteiger partial charge is 0.477 e. The number of amides is 3. The Balaban J connectivity index is 1.62. The highest BCUT2D eigenvalue weighted by atomic mass is 32.1. The van der Waals surface area contributed by atoms with Crippen LogP contribution in [0.15, 0.2) is 36.4 Å². The Bertz CT molecular complexity index is 926. The van der Waals surface area contributed by atoms with Crippen LogP contribution in [0.3, 0.4) is 0 Å². The zero-order chi connectivity index (χ0) is 22.4. The number of aliphatic hydroxyl groups excluding tert-OH is 1.